The van der Waals surface area contributed by atoms with Crippen LogP contribution in [0.25, 0.3) is 11.4 Å². The molecular weight excluding hydrogens is 405 g/mol. The Morgan fingerprint density at radius 1 is 0.906 bits per heavy atom. The first kappa shape index (κ1) is 20.1. The summed E-state index contributed by atoms with van der Waals surface area (Å²) in [5.74, 6) is 0.439. The Kier molecular flexibility index (Phi) is 5.27. The van der Waals surface area contributed by atoms with Gasteiger partial charge in [-0.15, -0.1) is 0 Å². The van der Waals surface area contributed by atoms with E-state index in [0.29, 0.717) is 23.8 Å². The molecule has 4 aromatic rings. The lowest BCUT2D eigenvalue weighted by molar-refractivity contribution is -0.140. The fourth-order valence-corrected chi connectivity index (χ4v) is 4.51. The van der Waals surface area contributed by atoms with Gasteiger partial charge in [0.15, 0.2) is 0 Å². The largest absolute Gasteiger partial charge is 0.337 e. The van der Waals surface area contributed by atoms with Crippen molar-refractivity contribution in [3.63, 3.8) is 0 Å². The molecule has 0 atom stereocenters. The SMILES string of the molecule is O=C1N(Cc2nc(-c3ccc(F)cc3)no2)CCCC1(c1ccccc1)c1ccccc1. The van der Waals surface area contributed by atoms with Crippen molar-refractivity contribution in [2.45, 2.75) is 24.8 Å². The van der Waals surface area contributed by atoms with E-state index in [-0.39, 0.29) is 18.3 Å². The van der Waals surface area contributed by atoms with E-state index in [2.05, 4.69) is 10.1 Å². The molecule has 0 aliphatic carbocycles. The molecule has 0 unspecified atom stereocenters. The van der Waals surface area contributed by atoms with Crippen molar-refractivity contribution in [1.29, 1.82) is 0 Å². The Morgan fingerprint density at radius 3 is 2.16 bits per heavy atom. The first-order chi connectivity index (χ1) is 15.7. The van der Waals surface area contributed by atoms with Crippen molar-refractivity contribution in [2.24, 2.45) is 0 Å². The Labute approximate surface area is 185 Å². The zero-order valence-corrected chi connectivity index (χ0v) is 17.4. The van der Waals surface area contributed by atoms with Crippen LogP contribution in [0.15, 0.2) is 89.5 Å². The molecule has 160 valence electrons. The molecule has 0 bridgehead atoms. The van der Waals surface area contributed by atoms with Gasteiger partial charge in [-0.2, -0.15) is 4.98 Å². The Hall–Kier alpha value is -3.80. The van der Waals surface area contributed by atoms with Crippen LogP contribution < -0.4 is 0 Å². The quantitative estimate of drug-likeness (QED) is 0.451. The number of rotatable bonds is 5. The number of hydrogen-bond donors (Lipinski definition) is 0. The van der Waals surface area contributed by atoms with Crippen LogP contribution in [0.5, 0.6) is 0 Å². The van der Waals surface area contributed by atoms with Gasteiger partial charge in [-0.3, -0.25) is 4.79 Å². The highest BCUT2D eigenvalue weighted by Crippen LogP contribution is 2.41. The molecule has 3 aromatic carbocycles. The monoisotopic (exact) mass is 427 g/mol. The highest BCUT2D eigenvalue weighted by atomic mass is 19.1. The topological polar surface area (TPSA) is 59.2 Å². The molecule has 1 aliphatic heterocycles. The van der Waals surface area contributed by atoms with E-state index >= 15 is 0 Å². The number of likely N-dealkylation sites (tertiary alicyclic amines) is 1. The van der Waals surface area contributed by atoms with Crippen molar-refractivity contribution < 1.29 is 13.7 Å². The van der Waals surface area contributed by atoms with Crippen LogP contribution in [0.1, 0.15) is 29.9 Å². The molecule has 1 amide bonds. The smallest absolute Gasteiger partial charge is 0.246 e. The van der Waals surface area contributed by atoms with E-state index in [1.54, 1.807) is 17.0 Å². The lowest BCUT2D eigenvalue weighted by atomic mass is 9.68. The summed E-state index contributed by atoms with van der Waals surface area (Å²) in [4.78, 5) is 20.2. The van der Waals surface area contributed by atoms with Crippen LogP contribution in [0.4, 0.5) is 4.39 Å². The summed E-state index contributed by atoms with van der Waals surface area (Å²) in [7, 11) is 0. The van der Waals surface area contributed by atoms with Gasteiger partial charge in [-0.25, -0.2) is 4.39 Å². The second kappa shape index (κ2) is 8.38. The molecule has 0 radical (unpaired) electrons. The van der Waals surface area contributed by atoms with Crippen molar-refractivity contribution in [3.05, 3.63) is 108 Å². The predicted octanol–water partition coefficient (Wildman–Crippen LogP) is 4.98. The molecule has 5 rings (SSSR count). The molecular formula is C26H22FN3O2. The van der Waals surface area contributed by atoms with Gasteiger partial charge < -0.3 is 9.42 Å². The van der Waals surface area contributed by atoms with Gasteiger partial charge in [-0.1, -0.05) is 65.8 Å². The summed E-state index contributed by atoms with van der Waals surface area (Å²) in [5, 5.41) is 4.01. The molecule has 5 nitrogen and oxygen atoms in total. The number of piperidine rings is 1. The fraction of sp³-hybridized carbons (Fsp3) is 0.192. The zero-order chi connectivity index (χ0) is 22.0. The van der Waals surface area contributed by atoms with Crippen LogP contribution in [0, 0.1) is 5.82 Å². The number of nitrogens with zero attached hydrogens (tertiary/aromatic N) is 3. The number of carbonyl (C=O) groups excluding carboxylic acids is 1. The predicted molar refractivity (Wildman–Crippen MR) is 118 cm³/mol. The zero-order valence-electron chi connectivity index (χ0n) is 17.4. The van der Waals surface area contributed by atoms with E-state index in [0.717, 1.165) is 24.0 Å². The number of aromatic nitrogens is 2. The molecule has 1 fully saturated rings. The summed E-state index contributed by atoms with van der Waals surface area (Å²) in [6, 6.07) is 25.8. The number of amides is 1. The second-order valence-electron chi connectivity index (χ2n) is 7.99. The Balaban J connectivity index is 1.46. The maximum absolute atomic E-state index is 14.0. The molecule has 32 heavy (non-hydrogen) atoms. The molecule has 2 heterocycles. The van der Waals surface area contributed by atoms with Crippen molar-refractivity contribution >= 4 is 5.91 Å². The molecule has 1 aliphatic rings. The minimum absolute atomic E-state index is 0.0303. The third kappa shape index (κ3) is 3.58. The van der Waals surface area contributed by atoms with E-state index in [9.17, 15) is 9.18 Å². The Bertz CT molecular complexity index is 1170. The average Bonchev–Trinajstić information content (AvgIpc) is 3.31. The third-order valence-electron chi connectivity index (χ3n) is 6.06. The highest BCUT2D eigenvalue weighted by Gasteiger charge is 2.46. The summed E-state index contributed by atoms with van der Waals surface area (Å²) in [6.45, 7) is 0.850. The molecule has 1 aromatic heterocycles. The first-order valence-electron chi connectivity index (χ1n) is 10.7. The summed E-state index contributed by atoms with van der Waals surface area (Å²) < 4.78 is 18.6. The van der Waals surface area contributed by atoms with Crippen LogP contribution >= 0.6 is 0 Å². The number of carbonyl (C=O) groups is 1. The maximum Gasteiger partial charge on any atom is 0.246 e. The van der Waals surface area contributed by atoms with E-state index in [4.69, 9.17) is 4.52 Å². The standard InChI is InChI=1S/C26H22FN3O2/c27-22-14-12-19(13-15-22)24-28-23(32-29-24)18-30-17-7-16-26(25(30)31,20-8-3-1-4-9-20)21-10-5-2-6-11-21/h1-6,8-15H,7,16-18H2. The maximum atomic E-state index is 14.0. The molecule has 0 spiro atoms. The van der Waals surface area contributed by atoms with Gasteiger partial charge >= 0.3 is 0 Å². The van der Waals surface area contributed by atoms with Crippen LogP contribution in [-0.4, -0.2) is 27.5 Å². The lowest BCUT2D eigenvalue weighted by Crippen LogP contribution is -2.51. The van der Waals surface area contributed by atoms with Crippen LogP contribution in [0.2, 0.25) is 0 Å². The Morgan fingerprint density at radius 2 is 1.53 bits per heavy atom. The summed E-state index contributed by atoms with van der Waals surface area (Å²) in [5.41, 5.74) is 1.88. The van der Waals surface area contributed by atoms with Gasteiger partial charge in [0.1, 0.15) is 12.4 Å². The van der Waals surface area contributed by atoms with E-state index in [1.807, 2.05) is 60.7 Å². The third-order valence-corrected chi connectivity index (χ3v) is 6.06. The normalized spacial score (nSPS) is 15.7. The van der Waals surface area contributed by atoms with Gasteiger partial charge in [0, 0.05) is 12.1 Å². The minimum Gasteiger partial charge on any atom is -0.337 e. The molecule has 1 saturated heterocycles. The average molecular weight is 427 g/mol. The van der Waals surface area contributed by atoms with E-state index in [1.165, 1.54) is 12.1 Å². The lowest BCUT2D eigenvalue weighted by Gasteiger charge is -2.42. The minimum atomic E-state index is -0.749. The van der Waals surface area contributed by atoms with Crippen molar-refractivity contribution in [1.82, 2.24) is 15.0 Å². The van der Waals surface area contributed by atoms with Crippen molar-refractivity contribution in [2.75, 3.05) is 6.54 Å². The first-order valence-corrected chi connectivity index (χ1v) is 10.7. The van der Waals surface area contributed by atoms with Crippen LogP contribution in [0.3, 0.4) is 0 Å². The fourth-order valence-electron chi connectivity index (χ4n) is 4.51. The van der Waals surface area contributed by atoms with Crippen molar-refractivity contribution in [3.8, 4) is 11.4 Å². The number of hydrogen-bond acceptors (Lipinski definition) is 4. The van der Waals surface area contributed by atoms with Gasteiger partial charge in [-0.05, 0) is 48.2 Å². The number of benzene rings is 3. The van der Waals surface area contributed by atoms with Gasteiger partial charge in [0.05, 0.1) is 5.41 Å². The number of halogens is 1. The van der Waals surface area contributed by atoms with Crippen LogP contribution in [-0.2, 0) is 16.8 Å². The summed E-state index contributed by atoms with van der Waals surface area (Å²) in [6.07, 6.45) is 1.59. The van der Waals surface area contributed by atoms with Gasteiger partial charge in [0.2, 0.25) is 17.6 Å². The molecule has 0 saturated carbocycles. The molecule has 0 N–H and O–H groups in total. The second-order valence-corrected chi connectivity index (χ2v) is 7.99. The molecule has 6 heteroatoms. The highest BCUT2D eigenvalue weighted by molar-refractivity contribution is 5.92. The van der Waals surface area contributed by atoms with Gasteiger partial charge in [0.25, 0.3) is 0 Å². The summed E-state index contributed by atoms with van der Waals surface area (Å²) >= 11 is 0. The van der Waals surface area contributed by atoms with E-state index < -0.39 is 5.41 Å².